The monoisotopic (exact) mass is 247 g/mol. The van der Waals surface area contributed by atoms with Gasteiger partial charge in [-0.05, 0) is 18.6 Å². The molecule has 2 aromatic heterocycles. The molecule has 0 aliphatic carbocycles. The highest BCUT2D eigenvalue weighted by molar-refractivity contribution is 5.94. The molecule has 0 saturated heterocycles. The first-order valence-corrected chi connectivity index (χ1v) is 5.59. The average Bonchev–Trinajstić information content (AvgIpc) is 2.81. The van der Waals surface area contributed by atoms with Crippen molar-refractivity contribution in [3.05, 3.63) is 36.3 Å². The van der Waals surface area contributed by atoms with Gasteiger partial charge in [0.15, 0.2) is 0 Å². The number of hydrogen-bond acceptors (Lipinski definition) is 3. The van der Waals surface area contributed by atoms with Gasteiger partial charge in [-0.25, -0.2) is 4.98 Å². The third kappa shape index (κ3) is 2.85. The van der Waals surface area contributed by atoms with Crippen molar-refractivity contribution >= 4 is 17.5 Å². The SMILES string of the molecule is O=C(O)CCCNC(=O)c1ccc2nccn2c1. The fraction of sp³-hybridized carbons (Fsp3) is 0.250. The third-order valence-electron chi connectivity index (χ3n) is 2.50. The zero-order chi connectivity index (χ0) is 13.0. The average molecular weight is 247 g/mol. The summed E-state index contributed by atoms with van der Waals surface area (Å²) in [5, 5.41) is 11.1. The first-order chi connectivity index (χ1) is 8.66. The van der Waals surface area contributed by atoms with Crippen LogP contribution in [0.3, 0.4) is 0 Å². The van der Waals surface area contributed by atoms with Crippen LogP contribution in [0.5, 0.6) is 0 Å². The van der Waals surface area contributed by atoms with E-state index in [1.165, 1.54) is 0 Å². The minimum atomic E-state index is -0.857. The highest BCUT2D eigenvalue weighted by Crippen LogP contribution is 2.04. The van der Waals surface area contributed by atoms with Crippen molar-refractivity contribution in [1.29, 1.82) is 0 Å². The van der Waals surface area contributed by atoms with Crippen LogP contribution in [0.4, 0.5) is 0 Å². The molecule has 0 aliphatic rings. The zero-order valence-corrected chi connectivity index (χ0v) is 9.67. The number of imidazole rings is 1. The molecule has 2 N–H and O–H groups in total. The molecular formula is C12H13N3O3. The van der Waals surface area contributed by atoms with Crippen LogP contribution in [0.15, 0.2) is 30.7 Å². The van der Waals surface area contributed by atoms with Crippen LogP contribution < -0.4 is 5.32 Å². The normalized spacial score (nSPS) is 10.4. The molecule has 0 radical (unpaired) electrons. The fourth-order valence-corrected chi connectivity index (χ4v) is 1.60. The lowest BCUT2D eigenvalue weighted by molar-refractivity contribution is -0.137. The number of carbonyl (C=O) groups excluding carboxylic acids is 1. The van der Waals surface area contributed by atoms with Crippen molar-refractivity contribution in [2.45, 2.75) is 12.8 Å². The van der Waals surface area contributed by atoms with E-state index in [1.807, 2.05) is 0 Å². The van der Waals surface area contributed by atoms with Crippen LogP contribution in [0.1, 0.15) is 23.2 Å². The highest BCUT2D eigenvalue weighted by atomic mass is 16.4. The molecule has 2 rings (SSSR count). The second-order valence-electron chi connectivity index (χ2n) is 3.86. The Bertz CT molecular complexity index is 577. The summed E-state index contributed by atoms with van der Waals surface area (Å²) in [4.78, 5) is 26.2. The Labute approximate surface area is 103 Å². The van der Waals surface area contributed by atoms with Gasteiger partial charge in [0.1, 0.15) is 5.65 Å². The van der Waals surface area contributed by atoms with E-state index in [0.717, 1.165) is 5.65 Å². The number of fused-ring (bicyclic) bond motifs is 1. The number of amides is 1. The van der Waals surface area contributed by atoms with Gasteiger partial charge in [-0.2, -0.15) is 0 Å². The standard InChI is InChI=1S/C12H13N3O3/c16-11(17)2-1-5-14-12(18)9-3-4-10-13-6-7-15(10)8-9/h3-4,6-8H,1-2,5H2,(H,14,18)(H,16,17). The second kappa shape index (κ2) is 5.31. The lowest BCUT2D eigenvalue weighted by Crippen LogP contribution is -2.25. The number of nitrogens with zero attached hydrogens (tertiary/aromatic N) is 2. The number of nitrogens with one attached hydrogen (secondary N) is 1. The van der Waals surface area contributed by atoms with E-state index in [9.17, 15) is 9.59 Å². The molecule has 2 aromatic rings. The molecular weight excluding hydrogens is 234 g/mol. The summed E-state index contributed by atoms with van der Waals surface area (Å²) in [5.41, 5.74) is 1.30. The summed E-state index contributed by atoms with van der Waals surface area (Å²) in [7, 11) is 0. The lowest BCUT2D eigenvalue weighted by atomic mass is 10.2. The molecule has 6 heteroatoms. The Balaban J connectivity index is 1.93. The number of aliphatic carboxylic acids is 1. The molecule has 18 heavy (non-hydrogen) atoms. The number of rotatable bonds is 5. The van der Waals surface area contributed by atoms with E-state index in [4.69, 9.17) is 5.11 Å². The molecule has 0 aliphatic heterocycles. The third-order valence-corrected chi connectivity index (χ3v) is 2.50. The minimum Gasteiger partial charge on any atom is -0.481 e. The first kappa shape index (κ1) is 12.1. The molecule has 0 atom stereocenters. The Hall–Kier alpha value is -2.37. The summed E-state index contributed by atoms with van der Waals surface area (Å²) < 4.78 is 1.76. The van der Waals surface area contributed by atoms with Crippen molar-refractivity contribution in [3.63, 3.8) is 0 Å². The van der Waals surface area contributed by atoms with E-state index < -0.39 is 5.97 Å². The molecule has 0 fully saturated rings. The van der Waals surface area contributed by atoms with E-state index >= 15 is 0 Å². The van der Waals surface area contributed by atoms with Crippen molar-refractivity contribution in [3.8, 4) is 0 Å². The quantitative estimate of drug-likeness (QED) is 0.770. The number of aromatic nitrogens is 2. The Kier molecular flexibility index (Phi) is 3.57. The molecule has 0 saturated carbocycles. The predicted molar refractivity (Wildman–Crippen MR) is 64.4 cm³/mol. The smallest absolute Gasteiger partial charge is 0.303 e. The maximum atomic E-state index is 11.8. The van der Waals surface area contributed by atoms with E-state index in [-0.39, 0.29) is 12.3 Å². The maximum Gasteiger partial charge on any atom is 0.303 e. The molecule has 0 aromatic carbocycles. The Morgan fingerprint density at radius 2 is 2.22 bits per heavy atom. The summed E-state index contributed by atoms with van der Waals surface area (Å²) in [5.74, 6) is -1.07. The number of carboxylic acid groups (broad SMARTS) is 1. The molecule has 0 bridgehead atoms. The fourth-order valence-electron chi connectivity index (χ4n) is 1.60. The molecule has 2 heterocycles. The Morgan fingerprint density at radius 3 is 3.00 bits per heavy atom. The predicted octanol–water partition coefficient (Wildman–Crippen LogP) is 0.929. The largest absolute Gasteiger partial charge is 0.481 e. The number of pyridine rings is 1. The zero-order valence-electron chi connectivity index (χ0n) is 9.67. The first-order valence-electron chi connectivity index (χ1n) is 5.59. The lowest BCUT2D eigenvalue weighted by Gasteiger charge is -2.04. The van der Waals surface area contributed by atoms with Gasteiger partial charge in [-0.1, -0.05) is 0 Å². The van der Waals surface area contributed by atoms with Crippen LogP contribution in [-0.4, -0.2) is 32.9 Å². The molecule has 1 amide bonds. The van der Waals surface area contributed by atoms with Crippen LogP contribution in [0.25, 0.3) is 5.65 Å². The summed E-state index contributed by atoms with van der Waals surface area (Å²) in [6.45, 7) is 0.354. The summed E-state index contributed by atoms with van der Waals surface area (Å²) in [6.07, 6.45) is 5.59. The van der Waals surface area contributed by atoms with Gasteiger partial charge >= 0.3 is 5.97 Å². The molecule has 94 valence electrons. The van der Waals surface area contributed by atoms with Crippen LogP contribution in [-0.2, 0) is 4.79 Å². The number of carboxylic acids is 1. The molecule has 0 unspecified atom stereocenters. The number of hydrogen-bond donors (Lipinski definition) is 2. The van der Waals surface area contributed by atoms with Gasteiger partial charge in [-0.15, -0.1) is 0 Å². The van der Waals surface area contributed by atoms with Gasteiger partial charge in [0, 0.05) is 31.6 Å². The van der Waals surface area contributed by atoms with Crippen molar-refractivity contribution < 1.29 is 14.7 Å². The van der Waals surface area contributed by atoms with E-state index in [0.29, 0.717) is 18.5 Å². The van der Waals surface area contributed by atoms with Gasteiger partial charge in [0.2, 0.25) is 0 Å². The minimum absolute atomic E-state index is 0.0564. The van der Waals surface area contributed by atoms with Crippen LogP contribution in [0, 0.1) is 0 Å². The summed E-state index contributed by atoms with van der Waals surface area (Å²) >= 11 is 0. The Morgan fingerprint density at radius 1 is 1.39 bits per heavy atom. The summed E-state index contributed by atoms with van der Waals surface area (Å²) in [6, 6.07) is 3.45. The molecule has 6 nitrogen and oxygen atoms in total. The maximum absolute atomic E-state index is 11.8. The van der Waals surface area contributed by atoms with E-state index in [1.54, 1.807) is 35.1 Å². The van der Waals surface area contributed by atoms with Crippen LogP contribution in [0.2, 0.25) is 0 Å². The van der Waals surface area contributed by atoms with Crippen molar-refractivity contribution in [2.75, 3.05) is 6.54 Å². The van der Waals surface area contributed by atoms with Crippen molar-refractivity contribution in [2.24, 2.45) is 0 Å². The van der Waals surface area contributed by atoms with Crippen LogP contribution >= 0.6 is 0 Å². The van der Waals surface area contributed by atoms with Gasteiger partial charge in [0.25, 0.3) is 5.91 Å². The van der Waals surface area contributed by atoms with Crippen molar-refractivity contribution in [1.82, 2.24) is 14.7 Å². The highest BCUT2D eigenvalue weighted by Gasteiger charge is 2.06. The topological polar surface area (TPSA) is 83.7 Å². The second-order valence-corrected chi connectivity index (χ2v) is 3.86. The van der Waals surface area contributed by atoms with Gasteiger partial charge in [0.05, 0.1) is 5.56 Å². The number of carbonyl (C=O) groups is 2. The molecule has 0 spiro atoms. The van der Waals surface area contributed by atoms with E-state index in [2.05, 4.69) is 10.3 Å². The van der Waals surface area contributed by atoms with Gasteiger partial charge < -0.3 is 14.8 Å². The van der Waals surface area contributed by atoms with Gasteiger partial charge in [-0.3, -0.25) is 9.59 Å².